The molecule has 106 valence electrons. The molecule has 3 N–H and O–H groups in total. The summed E-state index contributed by atoms with van der Waals surface area (Å²) in [4.78, 5) is 2.19. The summed E-state index contributed by atoms with van der Waals surface area (Å²) in [6.45, 7) is 1.05. The van der Waals surface area contributed by atoms with Gasteiger partial charge in [-0.1, -0.05) is 11.6 Å². The first kappa shape index (κ1) is 14.6. The molecule has 0 unspecified atom stereocenters. The molecule has 1 aromatic carbocycles. The summed E-state index contributed by atoms with van der Waals surface area (Å²) in [5.74, 6) is 0. The van der Waals surface area contributed by atoms with Crippen molar-refractivity contribution in [2.75, 3.05) is 25.9 Å². The molecule has 0 saturated heterocycles. The van der Waals surface area contributed by atoms with Gasteiger partial charge in [-0.25, -0.2) is 13.1 Å². The molecule has 0 amide bonds. The van der Waals surface area contributed by atoms with Gasteiger partial charge in [-0.2, -0.15) is 0 Å². The van der Waals surface area contributed by atoms with Crippen molar-refractivity contribution < 1.29 is 8.42 Å². The van der Waals surface area contributed by atoms with Crippen LogP contribution in [0, 0.1) is 0 Å². The standard InChI is InChI=1S/C12H18ClN3O2S/c1-16(10-3-4-10)7-6-15-19(17,18)12-8-9(13)2-5-11(12)14/h2,5,8,10,15H,3-4,6-7,14H2,1H3. The van der Waals surface area contributed by atoms with E-state index in [1.807, 2.05) is 7.05 Å². The molecule has 0 bridgehead atoms. The Balaban J connectivity index is 1.99. The molecule has 7 heteroatoms. The van der Waals surface area contributed by atoms with Crippen molar-refractivity contribution in [3.8, 4) is 0 Å². The zero-order valence-electron chi connectivity index (χ0n) is 10.8. The molecule has 1 fully saturated rings. The summed E-state index contributed by atoms with van der Waals surface area (Å²) in [7, 11) is -1.60. The van der Waals surface area contributed by atoms with Gasteiger partial charge in [0.15, 0.2) is 0 Å². The zero-order chi connectivity index (χ0) is 14.0. The van der Waals surface area contributed by atoms with Crippen molar-refractivity contribution in [3.05, 3.63) is 23.2 Å². The number of benzene rings is 1. The monoisotopic (exact) mass is 303 g/mol. The first-order valence-corrected chi connectivity index (χ1v) is 8.01. The summed E-state index contributed by atoms with van der Waals surface area (Å²) in [6, 6.07) is 5.04. The predicted molar refractivity (Wildman–Crippen MR) is 76.7 cm³/mol. The smallest absolute Gasteiger partial charge is 0.242 e. The van der Waals surface area contributed by atoms with Gasteiger partial charge in [-0.05, 0) is 38.1 Å². The highest BCUT2D eigenvalue weighted by atomic mass is 35.5. The van der Waals surface area contributed by atoms with Gasteiger partial charge in [-0.15, -0.1) is 0 Å². The van der Waals surface area contributed by atoms with Crippen molar-refractivity contribution in [1.29, 1.82) is 0 Å². The number of anilines is 1. The van der Waals surface area contributed by atoms with Gasteiger partial charge in [-0.3, -0.25) is 0 Å². The molecule has 2 rings (SSSR count). The minimum absolute atomic E-state index is 0.0362. The van der Waals surface area contributed by atoms with Crippen LogP contribution in [-0.4, -0.2) is 39.5 Å². The van der Waals surface area contributed by atoms with Crippen LogP contribution in [0.5, 0.6) is 0 Å². The van der Waals surface area contributed by atoms with Crippen LogP contribution in [0.15, 0.2) is 23.1 Å². The Morgan fingerprint density at radius 1 is 1.47 bits per heavy atom. The van der Waals surface area contributed by atoms with Gasteiger partial charge in [0, 0.05) is 24.2 Å². The maximum Gasteiger partial charge on any atom is 0.242 e. The molecule has 1 aliphatic carbocycles. The molecule has 0 atom stereocenters. The lowest BCUT2D eigenvalue weighted by molar-refractivity contribution is 0.329. The number of nitrogen functional groups attached to an aromatic ring is 1. The molecule has 1 saturated carbocycles. The van der Waals surface area contributed by atoms with Crippen molar-refractivity contribution in [2.24, 2.45) is 0 Å². The Hall–Kier alpha value is -0.820. The maximum atomic E-state index is 12.1. The SMILES string of the molecule is CN(CCNS(=O)(=O)c1cc(Cl)ccc1N)C1CC1. The highest BCUT2D eigenvalue weighted by Crippen LogP contribution is 2.25. The van der Waals surface area contributed by atoms with E-state index < -0.39 is 10.0 Å². The highest BCUT2D eigenvalue weighted by Gasteiger charge is 2.26. The first-order valence-electron chi connectivity index (χ1n) is 6.15. The van der Waals surface area contributed by atoms with E-state index in [0.717, 1.165) is 0 Å². The second-order valence-corrected chi connectivity index (χ2v) is 6.96. The van der Waals surface area contributed by atoms with Gasteiger partial charge in [0.05, 0.1) is 5.69 Å². The molecule has 1 aliphatic rings. The van der Waals surface area contributed by atoms with Crippen LogP contribution in [-0.2, 0) is 10.0 Å². The average Bonchev–Trinajstić information content (AvgIpc) is 3.15. The molecule has 0 spiro atoms. The van der Waals surface area contributed by atoms with Crippen molar-refractivity contribution >= 4 is 27.3 Å². The van der Waals surface area contributed by atoms with E-state index in [-0.39, 0.29) is 10.6 Å². The van der Waals surface area contributed by atoms with Crippen molar-refractivity contribution in [3.63, 3.8) is 0 Å². The van der Waals surface area contributed by atoms with Gasteiger partial charge in [0.25, 0.3) is 0 Å². The number of halogens is 1. The van der Waals surface area contributed by atoms with E-state index in [1.54, 1.807) is 6.07 Å². The van der Waals surface area contributed by atoms with Gasteiger partial charge in [0.1, 0.15) is 4.90 Å². The molecule has 0 aliphatic heterocycles. The van der Waals surface area contributed by atoms with Gasteiger partial charge in [0.2, 0.25) is 10.0 Å². The number of nitrogens with zero attached hydrogens (tertiary/aromatic N) is 1. The lowest BCUT2D eigenvalue weighted by atomic mass is 10.3. The highest BCUT2D eigenvalue weighted by molar-refractivity contribution is 7.89. The molecule has 0 aromatic heterocycles. The predicted octanol–water partition coefficient (Wildman–Crippen LogP) is 1.29. The summed E-state index contributed by atoms with van der Waals surface area (Å²) in [5, 5.41) is 0.352. The largest absolute Gasteiger partial charge is 0.398 e. The third-order valence-corrected chi connectivity index (χ3v) is 4.94. The summed E-state index contributed by atoms with van der Waals surface area (Å²) < 4.78 is 26.8. The van der Waals surface area contributed by atoms with Crippen molar-refractivity contribution in [1.82, 2.24) is 9.62 Å². The Kier molecular flexibility index (Phi) is 4.35. The lowest BCUT2D eigenvalue weighted by Crippen LogP contribution is -2.34. The molecule has 1 aromatic rings. The van der Waals surface area contributed by atoms with E-state index >= 15 is 0 Å². The normalized spacial score (nSPS) is 15.9. The zero-order valence-corrected chi connectivity index (χ0v) is 12.3. The topological polar surface area (TPSA) is 75.4 Å². The molecule has 5 nitrogen and oxygen atoms in total. The Labute approximate surface area is 118 Å². The molecule has 0 radical (unpaired) electrons. The quantitative estimate of drug-likeness (QED) is 0.777. The minimum atomic E-state index is -3.60. The number of sulfonamides is 1. The Bertz CT molecular complexity index is 558. The summed E-state index contributed by atoms with van der Waals surface area (Å²) in [5.41, 5.74) is 5.88. The van der Waals surface area contributed by atoms with E-state index in [4.69, 9.17) is 17.3 Å². The molecular weight excluding hydrogens is 286 g/mol. The van der Waals surface area contributed by atoms with Crippen LogP contribution in [0.4, 0.5) is 5.69 Å². The van der Waals surface area contributed by atoms with Crippen LogP contribution in [0.1, 0.15) is 12.8 Å². The van der Waals surface area contributed by atoms with Gasteiger partial charge >= 0.3 is 0 Å². The third kappa shape index (κ3) is 3.82. The fraction of sp³-hybridized carbons (Fsp3) is 0.500. The number of likely N-dealkylation sites (N-methyl/N-ethyl adjacent to an activating group) is 1. The Morgan fingerprint density at radius 2 is 2.16 bits per heavy atom. The number of nitrogens with two attached hydrogens (primary N) is 1. The molecule has 0 heterocycles. The van der Waals surface area contributed by atoms with Crippen LogP contribution >= 0.6 is 11.6 Å². The van der Waals surface area contributed by atoms with Crippen LogP contribution in [0.25, 0.3) is 0 Å². The lowest BCUT2D eigenvalue weighted by Gasteiger charge is -2.16. The van der Waals surface area contributed by atoms with E-state index in [1.165, 1.54) is 25.0 Å². The van der Waals surface area contributed by atoms with E-state index in [9.17, 15) is 8.42 Å². The maximum absolute atomic E-state index is 12.1. The van der Waals surface area contributed by atoms with Gasteiger partial charge < -0.3 is 10.6 Å². The first-order chi connectivity index (χ1) is 8.90. The van der Waals surface area contributed by atoms with E-state index in [2.05, 4.69) is 9.62 Å². The summed E-state index contributed by atoms with van der Waals surface area (Å²) in [6.07, 6.45) is 2.40. The third-order valence-electron chi connectivity index (χ3n) is 3.19. The number of hydrogen-bond acceptors (Lipinski definition) is 4. The van der Waals surface area contributed by atoms with E-state index in [0.29, 0.717) is 24.2 Å². The molecular formula is C12H18ClN3O2S. The molecule has 19 heavy (non-hydrogen) atoms. The van der Waals surface area contributed by atoms with Crippen molar-refractivity contribution in [2.45, 2.75) is 23.8 Å². The second-order valence-electron chi connectivity index (χ2n) is 4.79. The number of nitrogens with one attached hydrogen (secondary N) is 1. The van der Waals surface area contributed by atoms with Crippen LogP contribution in [0.2, 0.25) is 5.02 Å². The second kappa shape index (κ2) is 5.66. The van der Waals surface area contributed by atoms with Crippen LogP contribution in [0.3, 0.4) is 0 Å². The van der Waals surface area contributed by atoms with Crippen LogP contribution < -0.4 is 10.5 Å². The Morgan fingerprint density at radius 3 is 2.79 bits per heavy atom. The minimum Gasteiger partial charge on any atom is -0.398 e. The average molecular weight is 304 g/mol. The summed E-state index contributed by atoms with van der Waals surface area (Å²) >= 11 is 5.80. The fourth-order valence-electron chi connectivity index (χ4n) is 1.87. The number of hydrogen-bond donors (Lipinski definition) is 2. The fourth-order valence-corrected chi connectivity index (χ4v) is 3.29. The number of rotatable bonds is 6.